The molecular weight excluding hydrogens is 352 g/mol. The highest BCUT2D eigenvalue weighted by atomic mass is 16.6. The van der Waals surface area contributed by atoms with Gasteiger partial charge in [-0.15, -0.1) is 0 Å². The minimum Gasteiger partial charge on any atom is -0.471 e. The van der Waals surface area contributed by atoms with Gasteiger partial charge in [0, 0.05) is 11.4 Å². The van der Waals surface area contributed by atoms with Gasteiger partial charge in [0.2, 0.25) is 0 Å². The van der Waals surface area contributed by atoms with Gasteiger partial charge in [0.15, 0.2) is 12.5 Å². The summed E-state index contributed by atoms with van der Waals surface area (Å²) in [4.78, 5) is 14.3. The number of nitrogens with zero attached hydrogens (tertiary/aromatic N) is 1. The third kappa shape index (κ3) is 5.27. The quantitative estimate of drug-likeness (QED) is 0.552. The fourth-order valence-electron chi connectivity index (χ4n) is 2.95. The van der Waals surface area contributed by atoms with E-state index in [1.165, 1.54) is 0 Å². The Morgan fingerprint density at radius 3 is 1.93 bits per heavy atom. The van der Waals surface area contributed by atoms with Crippen LogP contribution in [0.3, 0.4) is 0 Å². The van der Waals surface area contributed by atoms with Crippen molar-refractivity contribution in [1.29, 1.82) is 0 Å². The number of rotatable bonds is 7. The molecule has 28 heavy (non-hydrogen) atoms. The van der Waals surface area contributed by atoms with Crippen molar-refractivity contribution in [3.63, 3.8) is 0 Å². The van der Waals surface area contributed by atoms with Gasteiger partial charge >= 0.3 is 6.09 Å². The molecule has 0 aliphatic carbocycles. The zero-order valence-corrected chi connectivity index (χ0v) is 16.0. The van der Waals surface area contributed by atoms with Gasteiger partial charge in [-0.25, -0.2) is 4.79 Å². The van der Waals surface area contributed by atoms with Crippen molar-refractivity contribution in [2.75, 3.05) is 10.2 Å². The largest absolute Gasteiger partial charge is 0.471 e. The van der Waals surface area contributed by atoms with E-state index in [4.69, 9.17) is 9.47 Å². The van der Waals surface area contributed by atoms with Crippen molar-refractivity contribution in [3.05, 3.63) is 91.0 Å². The first-order valence-electron chi connectivity index (χ1n) is 9.21. The maximum Gasteiger partial charge on any atom is 0.413 e. The van der Waals surface area contributed by atoms with Crippen LogP contribution in [0, 0.1) is 0 Å². The molecule has 144 valence electrons. The van der Waals surface area contributed by atoms with Gasteiger partial charge in [0.1, 0.15) is 5.75 Å². The third-order valence-electron chi connectivity index (χ3n) is 4.19. The van der Waals surface area contributed by atoms with Crippen LogP contribution in [-0.4, -0.2) is 18.5 Å². The lowest BCUT2D eigenvalue weighted by atomic mass is 10.2. The maximum atomic E-state index is 12.3. The summed E-state index contributed by atoms with van der Waals surface area (Å²) in [6, 6.07) is 28.5. The van der Waals surface area contributed by atoms with E-state index in [1.807, 2.05) is 110 Å². The monoisotopic (exact) mass is 376 g/mol. The molecule has 3 aromatic carbocycles. The number of amides is 1. The second kappa shape index (κ2) is 9.46. The van der Waals surface area contributed by atoms with Gasteiger partial charge in [-0.05, 0) is 50.2 Å². The van der Waals surface area contributed by atoms with Gasteiger partial charge in [-0.3, -0.25) is 5.32 Å². The van der Waals surface area contributed by atoms with Crippen LogP contribution in [0.5, 0.6) is 5.75 Å². The number of nitrogens with one attached hydrogen (secondary N) is 1. The Hall–Kier alpha value is -3.47. The normalized spacial score (nSPS) is 12.5. The molecule has 0 spiro atoms. The fraction of sp³-hybridized carbons (Fsp3) is 0.174. The highest BCUT2D eigenvalue weighted by Crippen LogP contribution is 2.23. The van der Waals surface area contributed by atoms with Crippen LogP contribution >= 0.6 is 0 Å². The first-order chi connectivity index (χ1) is 13.6. The topological polar surface area (TPSA) is 50.8 Å². The molecule has 1 amide bonds. The highest BCUT2D eigenvalue weighted by molar-refractivity contribution is 5.84. The van der Waals surface area contributed by atoms with Crippen LogP contribution in [0.2, 0.25) is 0 Å². The fourth-order valence-corrected chi connectivity index (χ4v) is 2.95. The molecular formula is C23H24N2O3. The summed E-state index contributed by atoms with van der Waals surface area (Å²) in [7, 11) is 0. The second-order valence-corrected chi connectivity index (χ2v) is 6.27. The number of anilines is 2. The number of carbonyl (C=O) groups is 1. The van der Waals surface area contributed by atoms with Crippen molar-refractivity contribution in [3.8, 4) is 5.75 Å². The molecule has 0 radical (unpaired) electrons. The van der Waals surface area contributed by atoms with Gasteiger partial charge in [-0.1, -0.05) is 54.6 Å². The lowest BCUT2D eigenvalue weighted by molar-refractivity contribution is 0.0873. The molecule has 2 atom stereocenters. The molecule has 3 aromatic rings. The number of hydrogen-bond donors (Lipinski definition) is 1. The first-order valence-corrected chi connectivity index (χ1v) is 9.21. The van der Waals surface area contributed by atoms with E-state index in [1.54, 1.807) is 0 Å². The van der Waals surface area contributed by atoms with E-state index < -0.39 is 12.3 Å². The molecule has 0 saturated heterocycles. The third-order valence-corrected chi connectivity index (χ3v) is 4.19. The van der Waals surface area contributed by atoms with Gasteiger partial charge < -0.3 is 14.4 Å². The van der Waals surface area contributed by atoms with Crippen molar-refractivity contribution in [2.45, 2.75) is 26.3 Å². The van der Waals surface area contributed by atoms with E-state index in [2.05, 4.69) is 5.32 Å². The Kier molecular flexibility index (Phi) is 6.52. The molecule has 0 fully saturated rings. The summed E-state index contributed by atoms with van der Waals surface area (Å²) in [5.74, 6) is 0.747. The smallest absolute Gasteiger partial charge is 0.413 e. The van der Waals surface area contributed by atoms with E-state index in [0.29, 0.717) is 5.69 Å². The van der Waals surface area contributed by atoms with Crippen molar-refractivity contribution >= 4 is 17.5 Å². The summed E-state index contributed by atoms with van der Waals surface area (Å²) in [6.07, 6.45) is -1.43. The van der Waals surface area contributed by atoms with Crippen LogP contribution in [0.25, 0.3) is 0 Å². The highest BCUT2D eigenvalue weighted by Gasteiger charge is 2.25. The molecule has 0 aromatic heterocycles. The average molecular weight is 376 g/mol. The lowest BCUT2D eigenvalue weighted by Gasteiger charge is -2.35. The second-order valence-electron chi connectivity index (χ2n) is 6.27. The first kappa shape index (κ1) is 19.3. The molecule has 5 nitrogen and oxygen atoms in total. The number of hydrogen-bond acceptors (Lipinski definition) is 4. The van der Waals surface area contributed by atoms with E-state index in [9.17, 15) is 4.79 Å². The van der Waals surface area contributed by atoms with E-state index >= 15 is 0 Å². The summed E-state index contributed by atoms with van der Waals surface area (Å²) >= 11 is 0. The van der Waals surface area contributed by atoms with Crippen molar-refractivity contribution < 1.29 is 14.3 Å². The number of carbonyl (C=O) groups excluding carboxylic acids is 1. The Labute approximate surface area is 165 Å². The molecule has 0 aliphatic heterocycles. The van der Waals surface area contributed by atoms with Crippen LogP contribution < -0.4 is 15.0 Å². The minimum absolute atomic E-state index is 0.357. The number of ether oxygens (including phenoxy) is 2. The molecule has 0 saturated carbocycles. The van der Waals surface area contributed by atoms with Crippen LogP contribution in [0.4, 0.5) is 16.2 Å². The zero-order valence-electron chi connectivity index (χ0n) is 16.0. The van der Waals surface area contributed by atoms with Crippen LogP contribution in [0.15, 0.2) is 91.0 Å². The molecule has 1 N–H and O–H groups in total. The predicted molar refractivity (Wildman–Crippen MR) is 111 cm³/mol. The van der Waals surface area contributed by atoms with Gasteiger partial charge in [0.05, 0.1) is 0 Å². The predicted octanol–water partition coefficient (Wildman–Crippen LogP) is 5.51. The van der Waals surface area contributed by atoms with Crippen molar-refractivity contribution in [1.82, 2.24) is 0 Å². The van der Waals surface area contributed by atoms with Crippen molar-refractivity contribution in [2.24, 2.45) is 0 Å². The number of benzene rings is 3. The number of para-hydroxylation sites is 3. The molecule has 3 rings (SSSR count). The Balaban J connectivity index is 1.73. The molecule has 0 aliphatic rings. The summed E-state index contributed by atoms with van der Waals surface area (Å²) in [5, 5.41) is 2.74. The van der Waals surface area contributed by atoms with Crippen LogP contribution in [-0.2, 0) is 4.74 Å². The average Bonchev–Trinajstić information content (AvgIpc) is 2.70. The standard InChI is InChI=1S/C23H24N2O3/c1-18(27-22-16-10-5-11-17-22)25(21-14-8-4-9-15-21)19(2)28-23(26)24-20-12-6-3-7-13-20/h3-19H,1-2H3,(H,24,26). The van der Waals surface area contributed by atoms with Gasteiger partial charge in [-0.2, -0.15) is 0 Å². The maximum absolute atomic E-state index is 12.3. The Morgan fingerprint density at radius 2 is 1.32 bits per heavy atom. The SMILES string of the molecule is CC(OC(=O)Nc1ccccc1)N(c1ccccc1)C(C)Oc1ccccc1. The molecule has 0 bridgehead atoms. The summed E-state index contributed by atoms with van der Waals surface area (Å²) < 4.78 is 11.7. The minimum atomic E-state index is -0.551. The summed E-state index contributed by atoms with van der Waals surface area (Å²) in [5.41, 5.74) is 1.57. The van der Waals surface area contributed by atoms with Crippen LogP contribution in [0.1, 0.15) is 13.8 Å². The van der Waals surface area contributed by atoms with E-state index in [-0.39, 0.29) is 6.23 Å². The Morgan fingerprint density at radius 1 is 0.786 bits per heavy atom. The van der Waals surface area contributed by atoms with E-state index in [0.717, 1.165) is 11.4 Å². The molecule has 2 unspecified atom stereocenters. The molecule has 5 heteroatoms. The summed E-state index contributed by atoms with van der Waals surface area (Å²) in [6.45, 7) is 3.75. The lowest BCUT2D eigenvalue weighted by Crippen LogP contribution is -2.46. The van der Waals surface area contributed by atoms with Gasteiger partial charge in [0.25, 0.3) is 0 Å². The Bertz CT molecular complexity index is 857. The zero-order chi connectivity index (χ0) is 19.8. The molecule has 0 heterocycles.